The highest BCUT2D eigenvalue weighted by atomic mass is 16.4. The molecule has 0 atom stereocenters. The first-order valence-corrected chi connectivity index (χ1v) is 4.80. The summed E-state index contributed by atoms with van der Waals surface area (Å²) in [5, 5.41) is 19.4. The average Bonchev–Trinajstić information content (AvgIpc) is 2.12. The largest absolute Gasteiger partial charge is 0.478 e. The van der Waals surface area contributed by atoms with Crippen LogP contribution in [0.5, 0.6) is 0 Å². The molecule has 0 radical (unpaired) electrons. The molecule has 0 saturated heterocycles. The van der Waals surface area contributed by atoms with Gasteiger partial charge in [-0.25, -0.2) is 4.79 Å². The lowest BCUT2D eigenvalue weighted by atomic mass is 9.93. The molecule has 1 heterocycles. The number of nitrogens with one attached hydrogen (secondary N) is 1. The molecule has 80 valence electrons. The Kier molecular flexibility index (Phi) is 2.40. The van der Waals surface area contributed by atoms with Gasteiger partial charge in [-0.3, -0.25) is 0 Å². The minimum Gasteiger partial charge on any atom is -0.478 e. The molecule has 1 aliphatic carbocycles. The van der Waals surface area contributed by atoms with Crippen molar-refractivity contribution in [3.63, 3.8) is 0 Å². The van der Waals surface area contributed by atoms with Crippen molar-refractivity contribution in [1.82, 2.24) is 10.2 Å². The van der Waals surface area contributed by atoms with Gasteiger partial charge in [0.2, 0.25) is 0 Å². The summed E-state index contributed by atoms with van der Waals surface area (Å²) in [7, 11) is 0. The van der Waals surface area contributed by atoms with Crippen molar-refractivity contribution in [2.45, 2.75) is 25.3 Å². The fourth-order valence-electron chi connectivity index (χ4n) is 1.42. The molecule has 1 saturated carbocycles. The Morgan fingerprint density at radius 3 is 2.80 bits per heavy atom. The molecular formula is C9H12N4O2. The summed E-state index contributed by atoms with van der Waals surface area (Å²) < 4.78 is 0. The van der Waals surface area contributed by atoms with Gasteiger partial charge in [0.15, 0.2) is 5.82 Å². The van der Waals surface area contributed by atoms with Crippen LogP contribution in [0.25, 0.3) is 0 Å². The molecule has 0 aromatic carbocycles. The van der Waals surface area contributed by atoms with Crippen molar-refractivity contribution in [3.8, 4) is 0 Å². The summed E-state index contributed by atoms with van der Waals surface area (Å²) in [4.78, 5) is 10.9. The standard InChI is InChI=1S/C9H12N4O2/c10-7-4-6(9(14)15)8(13-12-7)11-5-2-1-3-5/h4-5H,1-3H2,(H2,10,12)(H,11,13)(H,14,15). The van der Waals surface area contributed by atoms with E-state index in [0.29, 0.717) is 11.9 Å². The van der Waals surface area contributed by atoms with E-state index in [2.05, 4.69) is 15.5 Å². The number of anilines is 2. The monoisotopic (exact) mass is 208 g/mol. The molecule has 4 N–H and O–H groups in total. The van der Waals surface area contributed by atoms with E-state index in [4.69, 9.17) is 10.8 Å². The van der Waals surface area contributed by atoms with E-state index in [9.17, 15) is 4.79 Å². The second-order valence-electron chi connectivity index (χ2n) is 3.61. The highest BCUT2D eigenvalue weighted by molar-refractivity contribution is 5.93. The zero-order chi connectivity index (χ0) is 10.8. The molecule has 0 spiro atoms. The van der Waals surface area contributed by atoms with Crippen molar-refractivity contribution in [1.29, 1.82) is 0 Å². The Labute approximate surface area is 86.5 Å². The molecule has 1 aromatic heterocycles. The minimum atomic E-state index is -1.04. The summed E-state index contributed by atoms with van der Waals surface area (Å²) in [5.41, 5.74) is 5.46. The molecule has 0 unspecified atom stereocenters. The van der Waals surface area contributed by atoms with E-state index in [1.807, 2.05) is 0 Å². The Morgan fingerprint density at radius 2 is 2.27 bits per heavy atom. The van der Waals surface area contributed by atoms with Crippen LogP contribution in [0.3, 0.4) is 0 Å². The fraction of sp³-hybridized carbons (Fsp3) is 0.444. The topological polar surface area (TPSA) is 101 Å². The number of hydrogen-bond donors (Lipinski definition) is 3. The Balaban J connectivity index is 2.23. The number of carboxylic acids is 1. The Bertz CT molecular complexity index is 390. The number of aromatic nitrogens is 2. The van der Waals surface area contributed by atoms with Gasteiger partial charge in [-0.1, -0.05) is 0 Å². The van der Waals surface area contributed by atoms with Crippen molar-refractivity contribution in [3.05, 3.63) is 11.6 Å². The van der Waals surface area contributed by atoms with E-state index in [1.54, 1.807) is 0 Å². The highest BCUT2D eigenvalue weighted by Crippen LogP contribution is 2.24. The first-order chi connectivity index (χ1) is 7.16. The Hall–Kier alpha value is -1.85. The summed E-state index contributed by atoms with van der Waals surface area (Å²) in [6.45, 7) is 0. The predicted molar refractivity (Wildman–Crippen MR) is 54.7 cm³/mol. The molecule has 0 aliphatic heterocycles. The van der Waals surface area contributed by atoms with Crippen LogP contribution in [-0.4, -0.2) is 27.3 Å². The number of nitrogen functional groups attached to an aromatic ring is 1. The molecule has 2 rings (SSSR count). The van der Waals surface area contributed by atoms with Gasteiger partial charge in [-0.05, 0) is 19.3 Å². The van der Waals surface area contributed by atoms with Gasteiger partial charge in [-0.15, -0.1) is 10.2 Å². The van der Waals surface area contributed by atoms with Crippen molar-refractivity contribution in [2.75, 3.05) is 11.1 Å². The van der Waals surface area contributed by atoms with Crippen LogP contribution in [-0.2, 0) is 0 Å². The zero-order valence-corrected chi connectivity index (χ0v) is 8.10. The number of rotatable bonds is 3. The quantitative estimate of drug-likeness (QED) is 0.676. The zero-order valence-electron chi connectivity index (χ0n) is 8.10. The van der Waals surface area contributed by atoms with Crippen molar-refractivity contribution >= 4 is 17.6 Å². The summed E-state index contributed by atoms with van der Waals surface area (Å²) in [5.74, 6) is -0.619. The molecule has 15 heavy (non-hydrogen) atoms. The van der Waals surface area contributed by atoms with E-state index >= 15 is 0 Å². The van der Waals surface area contributed by atoms with E-state index in [1.165, 1.54) is 12.5 Å². The van der Waals surface area contributed by atoms with Gasteiger partial charge in [0.25, 0.3) is 0 Å². The lowest BCUT2D eigenvalue weighted by Gasteiger charge is -2.27. The number of aromatic carboxylic acids is 1. The maximum atomic E-state index is 10.9. The molecule has 0 bridgehead atoms. The number of carboxylic acid groups (broad SMARTS) is 1. The highest BCUT2D eigenvalue weighted by Gasteiger charge is 2.21. The normalized spacial score (nSPS) is 15.7. The number of carbonyl (C=O) groups is 1. The van der Waals surface area contributed by atoms with Gasteiger partial charge in [0, 0.05) is 12.1 Å². The molecular weight excluding hydrogens is 196 g/mol. The molecule has 1 aliphatic rings. The molecule has 1 fully saturated rings. The molecule has 6 nitrogen and oxygen atoms in total. The van der Waals surface area contributed by atoms with Gasteiger partial charge in [0.05, 0.1) is 0 Å². The molecule has 1 aromatic rings. The predicted octanol–water partition coefficient (Wildman–Crippen LogP) is 0.721. The third kappa shape index (κ3) is 1.98. The van der Waals surface area contributed by atoms with Crippen LogP contribution < -0.4 is 11.1 Å². The van der Waals surface area contributed by atoms with Crippen molar-refractivity contribution in [2.24, 2.45) is 0 Å². The number of nitrogens with two attached hydrogens (primary N) is 1. The van der Waals surface area contributed by atoms with Crippen LogP contribution in [0, 0.1) is 0 Å². The van der Waals surface area contributed by atoms with E-state index in [0.717, 1.165) is 12.8 Å². The van der Waals surface area contributed by atoms with Gasteiger partial charge in [-0.2, -0.15) is 0 Å². The van der Waals surface area contributed by atoms with Gasteiger partial charge in [0.1, 0.15) is 11.4 Å². The second kappa shape index (κ2) is 3.72. The third-order valence-electron chi connectivity index (χ3n) is 2.49. The maximum absolute atomic E-state index is 10.9. The lowest BCUT2D eigenvalue weighted by molar-refractivity contribution is 0.0697. The smallest absolute Gasteiger partial charge is 0.339 e. The third-order valence-corrected chi connectivity index (χ3v) is 2.49. The first-order valence-electron chi connectivity index (χ1n) is 4.80. The van der Waals surface area contributed by atoms with Crippen LogP contribution in [0.1, 0.15) is 29.6 Å². The first kappa shape index (κ1) is 9.70. The van der Waals surface area contributed by atoms with Crippen LogP contribution in [0.15, 0.2) is 6.07 Å². The lowest BCUT2D eigenvalue weighted by Crippen LogP contribution is -2.28. The molecule has 0 amide bonds. The summed E-state index contributed by atoms with van der Waals surface area (Å²) in [6.07, 6.45) is 3.26. The number of nitrogens with zero attached hydrogens (tertiary/aromatic N) is 2. The van der Waals surface area contributed by atoms with E-state index < -0.39 is 5.97 Å². The second-order valence-corrected chi connectivity index (χ2v) is 3.61. The molecule has 6 heteroatoms. The van der Waals surface area contributed by atoms with Crippen LogP contribution in [0.4, 0.5) is 11.6 Å². The van der Waals surface area contributed by atoms with Crippen molar-refractivity contribution < 1.29 is 9.90 Å². The van der Waals surface area contributed by atoms with Crippen LogP contribution >= 0.6 is 0 Å². The van der Waals surface area contributed by atoms with E-state index in [-0.39, 0.29) is 11.4 Å². The minimum absolute atomic E-state index is 0.0781. The SMILES string of the molecule is Nc1cc(C(=O)O)c(NC2CCC2)nn1. The van der Waals surface area contributed by atoms with Gasteiger partial charge < -0.3 is 16.2 Å². The number of hydrogen-bond acceptors (Lipinski definition) is 5. The van der Waals surface area contributed by atoms with Gasteiger partial charge >= 0.3 is 5.97 Å². The fourth-order valence-corrected chi connectivity index (χ4v) is 1.42. The van der Waals surface area contributed by atoms with Crippen LogP contribution in [0.2, 0.25) is 0 Å². The maximum Gasteiger partial charge on any atom is 0.339 e. The Morgan fingerprint density at radius 1 is 1.53 bits per heavy atom. The summed E-state index contributed by atoms with van der Waals surface area (Å²) in [6, 6.07) is 1.64. The summed E-state index contributed by atoms with van der Waals surface area (Å²) >= 11 is 0. The average molecular weight is 208 g/mol.